The molecule has 1 amide bonds. The monoisotopic (exact) mass is 372 g/mol. The van der Waals surface area contributed by atoms with E-state index in [1.807, 2.05) is 11.0 Å². The molecule has 4 rings (SSSR count). The SMILES string of the molecule is C[C@@H]1CC[C@@H]2[C@@H](C1)c1c(ccc(C(=O)N3CCN(C)CC3)c1O)OC2(C)C. The molecule has 1 N–H and O–H groups in total. The minimum Gasteiger partial charge on any atom is -0.507 e. The van der Waals surface area contributed by atoms with Crippen LogP contribution in [0.25, 0.3) is 0 Å². The molecule has 5 heteroatoms. The average molecular weight is 373 g/mol. The van der Waals surface area contributed by atoms with Crippen molar-refractivity contribution in [3.63, 3.8) is 0 Å². The van der Waals surface area contributed by atoms with Crippen LogP contribution in [-0.4, -0.2) is 59.6 Å². The molecule has 0 aromatic heterocycles. The zero-order valence-electron chi connectivity index (χ0n) is 17.0. The van der Waals surface area contributed by atoms with E-state index < -0.39 is 0 Å². The molecule has 3 aliphatic rings. The van der Waals surface area contributed by atoms with Crippen LogP contribution in [0.4, 0.5) is 0 Å². The maximum absolute atomic E-state index is 13.1. The summed E-state index contributed by atoms with van der Waals surface area (Å²) in [5.74, 6) is 2.10. The number of rotatable bonds is 1. The first-order chi connectivity index (χ1) is 12.8. The third-order valence-corrected chi connectivity index (χ3v) is 6.95. The first kappa shape index (κ1) is 18.6. The number of fused-ring (bicyclic) bond motifs is 3. The molecule has 27 heavy (non-hydrogen) atoms. The number of nitrogens with zero attached hydrogens (tertiary/aromatic N) is 2. The van der Waals surface area contributed by atoms with Crippen LogP contribution < -0.4 is 4.74 Å². The average Bonchev–Trinajstić information content (AvgIpc) is 2.61. The third kappa shape index (κ3) is 3.20. The van der Waals surface area contributed by atoms with Crippen molar-refractivity contribution < 1.29 is 14.6 Å². The van der Waals surface area contributed by atoms with Gasteiger partial charge in [0.2, 0.25) is 0 Å². The van der Waals surface area contributed by atoms with Crippen LogP contribution in [0.2, 0.25) is 0 Å². The Morgan fingerprint density at radius 1 is 1.19 bits per heavy atom. The highest BCUT2D eigenvalue weighted by Crippen LogP contribution is 2.55. The van der Waals surface area contributed by atoms with E-state index in [9.17, 15) is 9.90 Å². The second-order valence-corrected chi connectivity index (χ2v) is 9.31. The molecule has 1 aromatic carbocycles. The van der Waals surface area contributed by atoms with E-state index in [4.69, 9.17) is 4.74 Å². The van der Waals surface area contributed by atoms with E-state index in [0.717, 1.165) is 37.2 Å². The molecule has 0 spiro atoms. The van der Waals surface area contributed by atoms with Crippen molar-refractivity contribution in [2.75, 3.05) is 33.2 Å². The van der Waals surface area contributed by atoms with E-state index in [0.29, 0.717) is 30.5 Å². The summed E-state index contributed by atoms with van der Waals surface area (Å²) in [4.78, 5) is 17.2. The van der Waals surface area contributed by atoms with Gasteiger partial charge < -0.3 is 19.6 Å². The summed E-state index contributed by atoms with van der Waals surface area (Å²) in [6.07, 6.45) is 3.35. The fourth-order valence-corrected chi connectivity index (χ4v) is 5.28. The number of hydrogen-bond donors (Lipinski definition) is 1. The van der Waals surface area contributed by atoms with Gasteiger partial charge in [-0.05, 0) is 57.7 Å². The molecular weight excluding hydrogens is 340 g/mol. The van der Waals surface area contributed by atoms with Crippen LogP contribution in [-0.2, 0) is 0 Å². The highest BCUT2D eigenvalue weighted by molar-refractivity contribution is 5.97. The highest BCUT2D eigenvalue weighted by atomic mass is 16.5. The predicted molar refractivity (Wildman–Crippen MR) is 105 cm³/mol. The van der Waals surface area contributed by atoms with Gasteiger partial charge in [0.05, 0.1) is 5.56 Å². The number of carbonyl (C=O) groups excluding carboxylic acids is 1. The minimum absolute atomic E-state index is 0.0614. The number of phenolic OH excluding ortho intramolecular Hbond substituents is 1. The summed E-state index contributed by atoms with van der Waals surface area (Å²) in [7, 11) is 2.07. The molecule has 1 saturated carbocycles. The minimum atomic E-state index is -0.243. The van der Waals surface area contributed by atoms with Crippen molar-refractivity contribution in [1.29, 1.82) is 0 Å². The van der Waals surface area contributed by atoms with Gasteiger partial charge in [-0.1, -0.05) is 13.3 Å². The maximum Gasteiger partial charge on any atom is 0.257 e. The molecule has 2 aliphatic heterocycles. The van der Waals surface area contributed by atoms with Gasteiger partial charge in [0, 0.05) is 37.7 Å². The lowest BCUT2D eigenvalue weighted by Crippen LogP contribution is -2.48. The molecule has 2 fully saturated rings. The largest absolute Gasteiger partial charge is 0.507 e. The zero-order valence-corrected chi connectivity index (χ0v) is 17.0. The summed E-state index contributed by atoms with van der Waals surface area (Å²) < 4.78 is 6.31. The number of aromatic hydroxyl groups is 1. The quantitative estimate of drug-likeness (QED) is 0.820. The molecule has 5 nitrogen and oxygen atoms in total. The number of likely N-dealkylation sites (N-methyl/N-ethyl adjacent to an activating group) is 1. The second-order valence-electron chi connectivity index (χ2n) is 9.31. The lowest BCUT2D eigenvalue weighted by atomic mass is 9.64. The summed E-state index contributed by atoms with van der Waals surface area (Å²) in [5.41, 5.74) is 1.05. The number of amides is 1. The maximum atomic E-state index is 13.1. The molecule has 0 bridgehead atoms. The van der Waals surface area contributed by atoms with Crippen LogP contribution in [0.1, 0.15) is 61.9 Å². The third-order valence-electron chi connectivity index (χ3n) is 6.95. The molecule has 0 unspecified atom stereocenters. The van der Waals surface area contributed by atoms with Crippen molar-refractivity contribution in [2.24, 2.45) is 11.8 Å². The second kappa shape index (κ2) is 6.69. The first-order valence-corrected chi connectivity index (χ1v) is 10.3. The molecule has 2 heterocycles. The number of piperazine rings is 1. The topological polar surface area (TPSA) is 53.0 Å². The van der Waals surface area contributed by atoms with Crippen molar-refractivity contribution in [2.45, 2.75) is 51.6 Å². The van der Waals surface area contributed by atoms with Gasteiger partial charge in [0.15, 0.2) is 0 Å². The van der Waals surface area contributed by atoms with Gasteiger partial charge in [-0.3, -0.25) is 4.79 Å². The van der Waals surface area contributed by atoms with Crippen LogP contribution >= 0.6 is 0 Å². The van der Waals surface area contributed by atoms with Gasteiger partial charge in [0.25, 0.3) is 5.91 Å². The van der Waals surface area contributed by atoms with Crippen LogP contribution in [0.5, 0.6) is 11.5 Å². The number of carbonyl (C=O) groups is 1. The molecule has 148 valence electrons. The van der Waals surface area contributed by atoms with E-state index in [-0.39, 0.29) is 23.2 Å². The van der Waals surface area contributed by atoms with Crippen molar-refractivity contribution in [3.05, 3.63) is 23.3 Å². The lowest BCUT2D eigenvalue weighted by molar-refractivity contribution is -0.0145. The smallest absolute Gasteiger partial charge is 0.257 e. The van der Waals surface area contributed by atoms with Crippen molar-refractivity contribution >= 4 is 5.91 Å². The molecule has 0 radical (unpaired) electrons. The molecule has 1 aromatic rings. The van der Waals surface area contributed by atoms with Crippen molar-refractivity contribution in [3.8, 4) is 11.5 Å². The number of ether oxygens (including phenoxy) is 1. The standard InChI is InChI=1S/C22H32N2O3/c1-14-5-7-17-16(13-14)19-18(27-22(17,2)3)8-6-15(20(19)25)21(26)24-11-9-23(4)10-12-24/h6,8,14,16-17,25H,5,7,9-13H2,1-4H3/t14-,16-,17-/m1/s1. The Balaban J connectivity index is 1.70. The number of hydrogen-bond acceptors (Lipinski definition) is 4. The summed E-state index contributed by atoms with van der Waals surface area (Å²) >= 11 is 0. The first-order valence-electron chi connectivity index (χ1n) is 10.3. The number of benzene rings is 1. The van der Waals surface area contributed by atoms with Gasteiger partial charge in [-0.25, -0.2) is 0 Å². The molecule has 3 atom stereocenters. The van der Waals surface area contributed by atoms with Gasteiger partial charge in [0.1, 0.15) is 17.1 Å². The van der Waals surface area contributed by atoms with Crippen LogP contribution in [0.3, 0.4) is 0 Å². The molecule has 1 aliphatic carbocycles. The Bertz CT molecular complexity index is 737. The van der Waals surface area contributed by atoms with Gasteiger partial charge >= 0.3 is 0 Å². The Morgan fingerprint density at radius 3 is 2.59 bits per heavy atom. The van der Waals surface area contributed by atoms with Crippen molar-refractivity contribution in [1.82, 2.24) is 9.80 Å². The Kier molecular flexibility index (Phi) is 4.61. The number of phenols is 1. The fraction of sp³-hybridized carbons (Fsp3) is 0.682. The fourth-order valence-electron chi connectivity index (χ4n) is 5.28. The summed E-state index contributed by atoms with van der Waals surface area (Å²) in [5, 5.41) is 11.1. The van der Waals surface area contributed by atoms with E-state index in [1.165, 1.54) is 6.42 Å². The van der Waals surface area contributed by atoms with E-state index in [1.54, 1.807) is 6.07 Å². The predicted octanol–water partition coefficient (Wildman–Crippen LogP) is 3.47. The molecule has 1 saturated heterocycles. The van der Waals surface area contributed by atoms with Gasteiger partial charge in [-0.15, -0.1) is 0 Å². The van der Waals surface area contributed by atoms with E-state index in [2.05, 4.69) is 32.7 Å². The normalized spacial score (nSPS) is 30.2. The van der Waals surface area contributed by atoms with Crippen LogP contribution in [0.15, 0.2) is 12.1 Å². The Hall–Kier alpha value is -1.75. The molecular formula is C22H32N2O3. The summed E-state index contributed by atoms with van der Waals surface area (Å²) in [6, 6.07) is 3.65. The van der Waals surface area contributed by atoms with Gasteiger partial charge in [-0.2, -0.15) is 0 Å². The van der Waals surface area contributed by atoms with E-state index >= 15 is 0 Å². The Morgan fingerprint density at radius 2 is 1.89 bits per heavy atom. The lowest BCUT2D eigenvalue weighted by Gasteiger charge is -2.49. The zero-order chi connectivity index (χ0) is 19.3. The highest BCUT2D eigenvalue weighted by Gasteiger charge is 2.47. The Labute approximate surface area is 162 Å². The van der Waals surface area contributed by atoms with Crippen LogP contribution in [0, 0.1) is 11.8 Å². The summed E-state index contributed by atoms with van der Waals surface area (Å²) in [6.45, 7) is 9.76.